The van der Waals surface area contributed by atoms with Crippen LogP contribution in [0, 0.1) is 5.92 Å². The maximum absolute atomic E-state index is 12.1. The average Bonchev–Trinajstić information content (AvgIpc) is 2.39. The lowest BCUT2D eigenvalue weighted by Gasteiger charge is -2.22. The highest BCUT2D eigenvalue weighted by Gasteiger charge is 2.38. The molecule has 1 aromatic carbocycles. The van der Waals surface area contributed by atoms with E-state index in [0.717, 1.165) is 0 Å². The summed E-state index contributed by atoms with van der Waals surface area (Å²) in [6, 6.07) is 6.64. The number of ketones is 2. The zero-order valence-corrected chi connectivity index (χ0v) is 9.84. The minimum absolute atomic E-state index is 0.100. The van der Waals surface area contributed by atoms with Gasteiger partial charge in [0, 0.05) is 0 Å². The van der Waals surface area contributed by atoms with Crippen LogP contribution in [0.25, 0.3) is 0 Å². The van der Waals surface area contributed by atoms with E-state index in [1.165, 1.54) is 0 Å². The lowest BCUT2D eigenvalue weighted by Crippen LogP contribution is -2.38. The van der Waals surface area contributed by atoms with Crippen LogP contribution < -0.4 is 4.74 Å². The summed E-state index contributed by atoms with van der Waals surface area (Å²) in [7, 11) is 0. The van der Waals surface area contributed by atoms with Gasteiger partial charge in [-0.25, -0.2) is 4.79 Å². The molecule has 0 radical (unpaired) electrons. The van der Waals surface area contributed by atoms with Crippen molar-refractivity contribution < 1.29 is 23.9 Å². The SMILES string of the molecule is CCOC(=O)C(=O)C1COc2ccccc2C1=O. The van der Waals surface area contributed by atoms with Crippen LogP contribution in [-0.4, -0.2) is 30.7 Å². The van der Waals surface area contributed by atoms with E-state index in [0.29, 0.717) is 11.3 Å². The fourth-order valence-corrected chi connectivity index (χ4v) is 1.77. The molecule has 0 bridgehead atoms. The van der Waals surface area contributed by atoms with Crippen LogP contribution in [-0.2, 0) is 14.3 Å². The Hall–Kier alpha value is -2.17. The normalized spacial score (nSPS) is 17.6. The Morgan fingerprint density at radius 3 is 2.83 bits per heavy atom. The number of fused-ring (bicyclic) bond motifs is 1. The van der Waals surface area contributed by atoms with Gasteiger partial charge in [-0.1, -0.05) is 12.1 Å². The molecule has 18 heavy (non-hydrogen) atoms. The number of hydrogen-bond acceptors (Lipinski definition) is 5. The summed E-state index contributed by atoms with van der Waals surface area (Å²) < 4.78 is 9.90. The molecule has 1 unspecified atom stereocenters. The molecule has 1 aliphatic heterocycles. The summed E-state index contributed by atoms with van der Waals surface area (Å²) in [5, 5.41) is 0. The Morgan fingerprint density at radius 1 is 1.39 bits per heavy atom. The van der Waals surface area contributed by atoms with Gasteiger partial charge < -0.3 is 9.47 Å². The number of rotatable bonds is 3. The van der Waals surface area contributed by atoms with Gasteiger partial charge >= 0.3 is 5.97 Å². The Labute approximate surface area is 104 Å². The van der Waals surface area contributed by atoms with E-state index in [1.54, 1.807) is 31.2 Å². The summed E-state index contributed by atoms with van der Waals surface area (Å²) in [4.78, 5) is 35.1. The van der Waals surface area contributed by atoms with Crippen LogP contribution in [0.15, 0.2) is 24.3 Å². The van der Waals surface area contributed by atoms with Crippen LogP contribution in [0.2, 0.25) is 0 Å². The topological polar surface area (TPSA) is 69.7 Å². The van der Waals surface area contributed by atoms with Gasteiger partial charge in [0.1, 0.15) is 18.3 Å². The molecule has 0 N–H and O–H groups in total. The first kappa shape index (κ1) is 12.3. The first-order valence-electron chi connectivity index (χ1n) is 5.62. The second kappa shape index (κ2) is 5.00. The number of Topliss-reactive ketones (excluding diaryl/α,β-unsaturated/α-hetero) is 2. The van der Waals surface area contributed by atoms with E-state index in [2.05, 4.69) is 4.74 Å². The molecule has 94 valence electrons. The van der Waals surface area contributed by atoms with Crippen molar-refractivity contribution >= 4 is 17.5 Å². The predicted molar refractivity (Wildman–Crippen MR) is 61.4 cm³/mol. The van der Waals surface area contributed by atoms with E-state index < -0.39 is 23.5 Å². The fraction of sp³-hybridized carbons (Fsp3) is 0.308. The number of esters is 1. The first-order chi connectivity index (χ1) is 8.65. The molecule has 0 aliphatic carbocycles. The highest BCUT2D eigenvalue weighted by molar-refractivity contribution is 6.39. The number of para-hydroxylation sites is 1. The predicted octanol–water partition coefficient (Wildman–Crippen LogP) is 1.01. The van der Waals surface area contributed by atoms with Gasteiger partial charge in [0.2, 0.25) is 0 Å². The molecule has 1 aliphatic rings. The average molecular weight is 248 g/mol. The molecule has 0 saturated heterocycles. The van der Waals surface area contributed by atoms with Crippen LogP contribution >= 0.6 is 0 Å². The Kier molecular flexibility index (Phi) is 3.41. The summed E-state index contributed by atoms with van der Waals surface area (Å²) in [6.07, 6.45) is 0. The van der Waals surface area contributed by atoms with E-state index in [9.17, 15) is 14.4 Å². The smallest absolute Gasteiger partial charge is 0.375 e. The molecule has 1 atom stereocenters. The van der Waals surface area contributed by atoms with Crippen LogP contribution in [0.4, 0.5) is 0 Å². The fourth-order valence-electron chi connectivity index (χ4n) is 1.77. The van der Waals surface area contributed by atoms with E-state index >= 15 is 0 Å². The molecular weight excluding hydrogens is 236 g/mol. The molecule has 5 heteroatoms. The molecule has 5 nitrogen and oxygen atoms in total. The Morgan fingerprint density at radius 2 is 2.11 bits per heavy atom. The highest BCUT2D eigenvalue weighted by Crippen LogP contribution is 2.27. The van der Waals surface area contributed by atoms with Crippen molar-refractivity contribution in [1.82, 2.24) is 0 Å². The summed E-state index contributed by atoms with van der Waals surface area (Å²) in [6.45, 7) is 1.58. The molecule has 0 amide bonds. The lowest BCUT2D eigenvalue weighted by atomic mass is 9.91. The minimum atomic E-state index is -1.10. The number of carbonyl (C=O) groups is 3. The van der Waals surface area contributed by atoms with E-state index in [4.69, 9.17) is 4.74 Å². The maximum atomic E-state index is 12.1. The van der Waals surface area contributed by atoms with Crippen LogP contribution in [0.1, 0.15) is 17.3 Å². The first-order valence-corrected chi connectivity index (χ1v) is 5.62. The number of benzene rings is 1. The van der Waals surface area contributed by atoms with Crippen molar-refractivity contribution in [3.8, 4) is 5.75 Å². The molecule has 1 aromatic rings. The van der Waals surface area contributed by atoms with Crippen molar-refractivity contribution in [1.29, 1.82) is 0 Å². The van der Waals surface area contributed by atoms with E-state index in [-0.39, 0.29) is 13.2 Å². The maximum Gasteiger partial charge on any atom is 0.375 e. The van der Waals surface area contributed by atoms with Gasteiger partial charge in [0.15, 0.2) is 5.78 Å². The molecule has 1 heterocycles. The zero-order valence-electron chi connectivity index (χ0n) is 9.84. The van der Waals surface area contributed by atoms with Gasteiger partial charge in [-0.2, -0.15) is 0 Å². The summed E-state index contributed by atoms with van der Waals surface area (Å²) in [5.41, 5.74) is 0.325. The molecule has 0 saturated carbocycles. The lowest BCUT2D eigenvalue weighted by molar-refractivity contribution is -0.155. The number of ether oxygens (including phenoxy) is 2. The van der Waals surface area contributed by atoms with Crippen molar-refractivity contribution in [3.05, 3.63) is 29.8 Å². The summed E-state index contributed by atoms with van der Waals surface area (Å²) >= 11 is 0. The second-order valence-electron chi connectivity index (χ2n) is 3.81. The third-order valence-electron chi connectivity index (χ3n) is 2.67. The monoisotopic (exact) mass is 248 g/mol. The van der Waals surface area contributed by atoms with Crippen molar-refractivity contribution in [2.75, 3.05) is 13.2 Å². The van der Waals surface area contributed by atoms with Crippen molar-refractivity contribution in [2.45, 2.75) is 6.92 Å². The summed E-state index contributed by atoms with van der Waals surface area (Å²) in [5.74, 6) is -2.89. The third kappa shape index (κ3) is 2.11. The van der Waals surface area contributed by atoms with Gasteiger partial charge in [-0.3, -0.25) is 9.59 Å². The van der Waals surface area contributed by atoms with Gasteiger partial charge in [0.05, 0.1) is 12.2 Å². The standard InChI is InChI=1S/C13H12O5/c1-2-17-13(16)12(15)9-7-18-10-6-4-3-5-8(10)11(9)14/h3-6,9H,2,7H2,1H3. The number of hydrogen-bond donors (Lipinski definition) is 0. The highest BCUT2D eigenvalue weighted by atomic mass is 16.5. The van der Waals surface area contributed by atoms with Gasteiger partial charge in [-0.15, -0.1) is 0 Å². The van der Waals surface area contributed by atoms with Crippen LogP contribution in [0.3, 0.4) is 0 Å². The molecule has 2 rings (SSSR count). The molecule has 0 spiro atoms. The zero-order chi connectivity index (χ0) is 13.1. The quantitative estimate of drug-likeness (QED) is 0.453. The van der Waals surface area contributed by atoms with Crippen molar-refractivity contribution in [2.24, 2.45) is 5.92 Å². The van der Waals surface area contributed by atoms with Crippen LogP contribution in [0.5, 0.6) is 5.75 Å². The number of carbonyl (C=O) groups excluding carboxylic acids is 3. The Bertz CT molecular complexity index is 506. The molecular formula is C13H12O5. The molecule has 0 aromatic heterocycles. The van der Waals surface area contributed by atoms with E-state index in [1.807, 2.05) is 0 Å². The van der Waals surface area contributed by atoms with Gasteiger partial charge in [0.25, 0.3) is 5.78 Å². The molecule has 0 fully saturated rings. The third-order valence-corrected chi connectivity index (χ3v) is 2.67. The largest absolute Gasteiger partial charge is 0.492 e. The second-order valence-corrected chi connectivity index (χ2v) is 3.81. The Balaban J connectivity index is 2.22. The minimum Gasteiger partial charge on any atom is -0.492 e. The van der Waals surface area contributed by atoms with Gasteiger partial charge in [-0.05, 0) is 19.1 Å². The van der Waals surface area contributed by atoms with Crippen molar-refractivity contribution in [3.63, 3.8) is 0 Å².